The smallest absolute Gasteiger partial charge is 0.192 e. The van der Waals surface area contributed by atoms with Gasteiger partial charge in [-0.05, 0) is 43.8 Å². The Morgan fingerprint density at radius 1 is 1.00 bits per heavy atom. The molecule has 0 aliphatic heterocycles. The first-order chi connectivity index (χ1) is 8.45. The molecule has 18 heavy (non-hydrogen) atoms. The van der Waals surface area contributed by atoms with E-state index in [0.29, 0.717) is 20.9 Å². The molecule has 2 rings (SSSR count). The second kappa shape index (κ2) is 5.34. The Morgan fingerprint density at radius 2 is 1.50 bits per heavy atom. The van der Waals surface area contributed by atoms with E-state index >= 15 is 0 Å². The summed E-state index contributed by atoms with van der Waals surface area (Å²) in [5, 5.41) is 1.64. The van der Waals surface area contributed by atoms with E-state index in [1.165, 1.54) is 11.8 Å². The Balaban J connectivity index is 2.40. The van der Waals surface area contributed by atoms with Gasteiger partial charge in [-0.25, -0.2) is 9.97 Å². The van der Waals surface area contributed by atoms with Crippen molar-refractivity contribution in [1.29, 1.82) is 0 Å². The first-order valence-corrected chi connectivity index (χ1v) is 6.77. The number of aryl methyl sites for hydroxylation is 2. The van der Waals surface area contributed by atoms with Gasteiger partial charge in [0.25, 0.3) is 0 Å². The Morgan fingerprint density at radius 3 is 2.00 bits per heavy atom. The van der Waals surface area contributed by atoms with Crippen LogP contribution in [0.5, 0.6) is 0 Å². The van der Waals surface area contributed by atoms with Crippen molar-refractivity contribution >= 4 is 40.7 Å². The summed E-state index contributed by atoms with van der Waals surface area (Å²) in [6, 6.07) is 5.24. The predicted octanol–water partition coefficient (Wildman–Crippen LogP) is 4.13. The summed E-state index contributed by atoms with van der Waals surface area (Å²) in [6.45, 7) is 3.84. The minimum Gasteiger partial charge on any atom is -0.399 e. The lowest BCUT2D eigenvalue weighted by Crippen LogP contribution is -1.93. The molecule has 0 aliphatic carbocycles. The van der Waals surface area contributed by atoms with Crippen LogP contribution in [0.15, 0.2) is 28.3 Å². The highest BCUT2D eigenvalue weighted by Crippen LogP contribution is 2.38. The van der Waals surface area contributed by atoms with Crippen molar-refractivity contribution in [2.45, 2.75) is 23.9 Å². The Bertz CT molecular complexity index is 559. The third-order valence-electron chi connectivity index (χ3n) is 2.18. The second-order valence-electron chi connectivity index (χ2n) is 3.85. The Hall–Kier alpha value is -0.970. The monoisotopic (exact) mass is 299 g/mol. The number of nitrogens with zero attached hydrogens (tertiary/aromatic N) is 2. The third-order valence-corrected chi connectivity index (χ3v) is 4.01. The van der Waals surface area contributed by atoms with Gasteiger partial charge in [-0.3, -0.25) is 0 Å². The minimum absolute atomic E-state index is 0.507. The quantitative estimate of drug-likeness (QED) is 0.669. The molecular weight excluding hydrogens is 289 g/mol. The number of anilines is 1. The van der Waals surface area contributed by atoms with Crippen molar-refractivity contribution in [3.63, 3.8) is 0 Å². The largest absolute Gasteiger partial charge is 0.399 e. The maximum Gasteiger partial charge on any atom is 0.192 e. The van der Waals surface area contributed by atoms with Gasteiger partial charge in [0.2, 0.25) is 0 Å². The molecule has 0 saturated heterocycles. The van der Waals surface area contributed by atoms with Gasteiger partial charge < -0.3 is 5.73 Å². The Labute approximate surface area is 120 Å². The fraction of sp³-hybridized carbons (Fsp3) is 0.167. The number of halogens is 2. The second-order valence-corrected chi connectivity index (χ2v) is 5.64. The molecule has 0 saturated carbocycles. The van der Waals surface area contributed by atoms with Crippen molar-refractivity contribution < 1.29 is 0 Å². The van der Waals surface area contributed by atoms with Crippen molar-refractivity contribution in [2.75, 3.05) is 5.73 Å². The average Bonchev–Trinajstić information content (AvgIpc) is 2.22. The van der Waals surface area contributed by atoms with Gasteiger partial charge in [0, 0.05) is 17.1 Å². The van der Waals surface area contributed by atoms with Crippen molar-refractivity contribution in [3.8, 4) is 0 Å². The first kappa shape index (κ1) is 13.5. The van der Waals surface area contributed by atoms with Crippen LogP contribution in [-0.4, -0.2) is 9.97 Å². The summed E-state index contributed by atoms with van der Waals surface area (Å²) in [5.74, 6) is 0. The summed E-state index contributed by atoms with van der Waals surface area (Å²) in [6.07, 6.45) is 0. The van der Waals surface area contributed by atoms with Gasteiger partial charge in [-0.1, -0.05) is 23.2 Å². The Kier molecular flexibility index (Phi) is 4.00. The molecule has 2 aromatic rings. The molecule has 0 unspecified atom stereocenters. The molecule has 0 spiro atoms. The fourth-order valence-electron chi connectivity index (χ4n) is 1.51. The van der Waals surface area contributed by atoms with E-state index in [0.717, 1.165) is 16.3 Å². The highest BCUT2D eigenvalue weighted by Gasteiger charge is 2.11. The molecule has 1 aromatic heterocycles. The van der Waals surface area contributed by atoms with Gasteiger partial charge in [0.15, 0.2) is 5.16 Å². The standard InChI is InChI=1S/C12H11Cl2N3S/c1-6-3-7(2)17-12(16-6)18-11-9(13)4-8(15)5-10(11)14/h3-5H,15H2,1-2H3. The van der Waals surface area contributed by atoms with Crippen LogP contribution in [0, 0.1) is 13.8 Å². The summed E-state index contributed by atoms with van der Waals surface area (Å²) in [5.41, 5.74) is 8.02. The van der Waals surface area contributed by atoms with E-state index in [-0.39, 0.29) is 0 Å². The van der Waals surface area contributed by atoms with E-state index in [9.17, 15) is 0 Å². The molecule has 0 radical (unpaired) electrons. The topological polar surface area (TPSA) is 51.8 Å². The molecule has 0 aliphatic rings. The van der Waals surface area contributed by atoms with Crippen LogP contribution in [-0.2, 0) is 0 Å². The molecular formula is C12H11Cl2N3S. The zero-order valence-corrected chi connectivity index (χ0v) is 12.2. The lowest BCUT2D eigenvalue weighted by molar-refractivity contribution is 0.902. The first-order valence-electron chi connectivity index (χ1n) is 5.20. The lowest BCUT2D eigenvalue weighted by Gasteiger charge is -2.07. The summed E-state index contributed by atoms with van der Waals surface area (Å²) in [7, 11) is 0. The predicted molar refractivity (Wildman–Crippen MR) is 76.5 cm³/mol. The van der Waals surface area contributed by atoms with Crippen LogP contribution >= 0.6 is 35.0 Å². The number of hydrogen-bond acceptors (Lipinski definition) is 4. The molecule has 0 atom stereocenters. The highest BCUT2D eigenvalue weighted by molar-refractivity contribution is 7.99. The van der Waals surface area contributed by atoms with Crippen molar-refractivity contribution in [2.24, 2.45) is 0 Å². The van der Waals surface area contributed by atoms with Crippen LogP contribution in [0.1, 0.15) is 11.4 Å². The average molecular weight is 300 g/mol. The van der Waals surface area contributed by atoms with Gasteiger partial charge >= 0.3 is 0 Å². The number of nitrogens with two attached hydrogens (primary N) is 1. The summed E-state index contributed by atoms with van der Waals surface area (Å²) < 4.78 is 0. The van der Waals surface area contributed by atoms with Gasteiger partial charge in [-0.15, -0.1) is 0 Å². The van der Waals surface area contributed by atoms with Gasteiger partial charge in [0.05, 0.1) is 14.9 Å². The van der Waals surface area contributed by atoms with E-state index in [1.54, 1.807) is 12.1 Å². The van der Waals surface area contributed by atoms with E-state index < -0.39 is 0 Å². The highest BCUT2D eigenvalue weighted by atomic mass is 35.5. The maximum absolute atomic E-state index is 6.12. The molecule has 1 heterocycles. The van der Waals surface area contributed by atoms with Crippen LogP contribution in [0.4, 0.5) is 5.69 Å². The minimum atomic E-state index is 0.507. The van der Waals surface area contributed by atoms with Gasteiger partial charge in [0.1, 0.15) is 0 Å². The zero-order valence-electron chi connectivity index (χ0n) is 9.87. The number of nitrogen functional groups attached to an aromatic ring is 1. The SMILES string of the molecule is Cc1cc(C)nc(Sc2c(Cl)cc(N)cc2Cl)n1. The number of aromatic nitrogens is 2. The molecule has 6 heteroatoms. The zero-order chi connectivity index (χ0) is 13.3. The van der Waals surface area contributed by atoms with Crippen LogP contribution in [0.2, 0.25) is 10.0 Å². The molecule has 0 amide bonds. The molecule has 1 aromatic carbocycles. The summed E-state index contributed by atoms with van der Waals surface area (Å²) in [4.78, 5) is 9.39. The molecule has 3 nitrogen and oxygen atoms in total. The molecule has 0 bridgehead atoms. The van der Waals surface area contributed by atoms with Crippen molar-refractivity contribution in [3.05, 3.63) is 39.6 Å². The molecule has 94 valence electrons. The number of rotatable bonds is 2. The van der Waals surface area contributed by atoms with Crippen LogP contribution < -0.4 is 5.73 Å². The number of hydrogen-bond donors (Lipinski definition) is 1. The van der Waals surface area contributed by atoms with Crippen molar-refractivity contribution in [1.82, 2.24) is 9.97 Å². The van der Waals surface area contributed by atoms with E-state index in [4.69, 9.17) is 28.9 Å². The molecule has 0 fully saturated rings. The van der Waals surface area contributed by atoms with Crippen LogP contribution in [0.25, 0.3) is 0 Å². The fourth-order valence-corrected chi connectivity index (χ4v) is 3.12. The van der Waals surface area contributed by atoms with E-state index in [1.807, 2.05) is 19.9 Å². The lowest BCUT2D eigenvalue weighted by atomic mass is 10.3. The summed E-state index contributed by atoms with van der Waals surface area (Å²) >= 11 is 13.6. The third kappa shape index (κ3) is 3.07. The maximum atomic E-state index is 6.12. The normalized spacial score (nSPS) is 10.7. The number of benzene rings is 1. The molecule has 2 N–H and O–H groups in total. The van der Waals surface area contributed by atoms with Gasteiger partial charge in [-0.2, -0.15) is 0 Å². The van der Waals surface area contributed by atoms with E-state index in [2.05, 4.69) is 9.97 Å². The van der Waals surface area contributed by atoms with Crippen LogP contribution in [0.3, 0.4) is 0 Å².